The average Bonchev–Trinajstić information content (AvgIpc) is 3.20. The summed E-state index contributed by atoms with van der Waals surface area (Å²) >= 11 is 0. The van der Waals surface area contributed by atoms with Crippen LogP contribution in [0.25, 0.3) is 10.9 Å². The monoisotopic (exact) mass is 376 g/mol. The lowest BCUT2D eigenvalue weighted by Gasteiger charge is -2.08. The highest BCUT2D eigenvalue weighted by molar-refractivity contribution is 6.03. The number of nitrogens with zero attached hydrogens (tertiary/aromatic N) is 3. The maximum absolute atomic E-state index is 12.5. The number of aromatic nitrogens is 2. The Balaban J connectivity index is 1.61. The summed E-state index contributed by atoms with van der Waals surface area (Å²) in [5, 5.41) is 4.71. The van der Waals surface area contributed by atoms with E-state index in [1.165, 1.54) is 0 Å². The van der Waals surface area contributed by atoms with Gasteiger partial charge in [0.25, 0.3) is 11.5 Å². The van der Waals surface area contributed by atoms with Gasteiger partial charge in [-0.1, -0.05) is 12.1 Å². The molecule has 0 spiro atoms. The van der Waals surface area contributed by atoms with Crippen LogP contribution in [0.2, 0.25) is 0 Å². The van der Waals surface area contributed by atoms with Gasteiger partial charge in [-0.3, -0.25) is 14.2 Å². The summed E-state index contributed by atoms with van der Waals surface area (Å²) in [5.74, 6) is 1.10. The fourth-order valence-electron chi connectivity index (χ4n) is 3.43. The zero-order valence-corrected chi connectivity index (χ0v) is 15.7. The van der Waals surface area contributed by atoms with E-state index in [4.69, 9.17) is 4.74 Å². The lowest BCUT2D eigenvalue weighted by atomic mass is 10.1. The molecule has 0 aliphatic carbocycles. The second kappa shape index (κ2) is 7.26. The number of ether oxygens (including phenoxy) is 1. The molecular formula is C21H20N4O3. The molecule has 0 fully saturated rings. The van der Waals surface area contributed by atoms with Crippen LogP contribution in [0.4, 0.5) is 0 Å². The van der Waals surface area contributed by atoms with Crippen LogP contribution in [-0.4, -0.2) is 28.3 Å². The molecule has 1 aliphatic heterocycles. The molecular weight excluding hydrogens is 356 g/mol. The largest absolute Gasteiger partial charge is 0.496 e. The third kappa shape index (κ3) is 3.15. The van der Waals surface area contributed by atoms with E-state index < -0.39 is 0 Å². The Morgan fingerprint density at radius 3 is 2.89 bits per heavy atom. The normalized spacial score (nSPS) is 13.4. The number of aryl methyl sites for hydroxylation is 1. The van der Waals surface area contributed by atoms with Crippen molar-refractivity contribution in [3.8, 4) is 5.75 Å². The molecule has 2 aromatic carbocycles. The summed E-state index contributed by atoms with van der Waals surface area (Å²) in [6.45, 7) is 2.50. The topological polar surface area (TPSA) is 85.6 Å². The molecule has 7 heteroatoms. The molecule has 0 unspecified atom stereocenters. The number of fused-ring (bicyclic) bond motifs is 2. The highest BCUT2D eigenvalue weighted by Gasteiger charge is 2.17. The van der Waals surface area contributed by atoms with Crippen LogP contribution in [-0.2, 0) is 13.0 Å². The molecule has 0 radical (unpaired) electrons. The highest BCUT2D eigenvalue weighted by atomic mass is 16.5. The van der Waals surface area contributed by atoms with Crippen LogP contribution in [0, 0.1) is 0 Å². The molecule has 0 bridgehead atoms. The van der Waals surface area contributed by atoms with Crippen LogP contribution in [0.5, 0.6) is 5.75 Å². The Kier molecular flexibility index (Phi) is 4.65. The first-order chi connectivity index (χ1) is 13.6. The van der Waals surface area contributed by atoms with E-state index in [9.17, 15) is 9.59 Å². The number of hydrogen-bond donors (Lipinski definition) is 1. The van der Waals surface area contributed by atoms with Gasteiger partial charge in [-0.2, -0.15) is 5.10 Å². The van der Waals surface area contributed by atoms with Crippen LogP contribution in [0.1, 0.15) is 35.1 Å². The predicted octanol–water partition coefficient (Wildman–Crippen LogP) is 2.51. The van der Waals surface area contributed by atoms with Crippen molar-refractivity contribution in [1.82, 2.24) is 15.0 Å². The number of methoxy groups -OCH3 is 1. The number of rotatable bonds is 4. The SMILES string of the molecule is COc1ccccc1/C(C)=N\NC(=O)c1ccc2c(=O)n3c(nc2c1)CCC3. The number of hydrogen-bond acceptors (Lipinski definition) is 5. The minimum absolute atomic E-state index is 0.0468. The molecule has 1 aliphatic rings. The number of nitrogens with one attached hydrogen (secondary N) is 1. The van der Waals surface area contributed by atoms with Crippen molar-refractivity contribution in [2.75, 3.05) is 7.11 Å². The van der Waals surface area contributed by atoms with E-state index in [-0.39, 0.29) is 11.5 Å². The van der Waals surface area contributed by atoms with Gasteiger partial charge in [-0.25, -0.2) is 10.4 Å². The van der Waals surface area contributed by atoms with E-state index >= 15 is 0 Å². The summed E-state index contributed by atoms with van der Waals surface area (Å²) in [4.78, 5) is 29.6. The average molecular weight is 376 g/mol. The van der Waals surface area contributed by atoms with Crippen molar-refractivity contribution < 1.29 is 9.53 Å². The number of carbonyl (C=O) groups is 1. The summed E-state index contributed by atoms with van der Waals surface area (Å²) in [7, 11) is 1.59. The van der Waals surface area contributed by atoms with E-state index in [0.717, 1.165) is 24.2 Å². The van der Waals surface area contributed by atoms with Gasteiger partial charge in [0, 0.05) is 24.1 Å². The Hall–Kier alpha value is -3.48. The van der Waals surface area contributed by atoms with Crippen molar-refractivity contribution in [3.63, 3.8) is 0 Å². The van der Waals surface area contributed by atoms with Crippen LogP contribution in [0.3, 0.4) is 0 Å². The molecule has 0 saturated heterocycles. The van der Waals surface area contributed by atoms with Gasteiger partial charge < -0.3 is 4.74 Å². The molecule has 4 rings (SSSR count). The summed E-state index contributed by atoms with van der Waals surface area (Å²) in [6, 6.07) is 12.4. The lowest BCUT2D eigenvalue weighted by Crippen LogP contribution is -2.22. The van der Waals surface area contributed by atoms with Gasteiger partial charge in [0.2, 0.25) is 0 Å². The standard InChI is InChI=1S/C21H20N4O3/c1-13(15-6-3-4-7-18(15)28-2)23-24-20(26)14-9-10-16-17(12-14)22-19-8-5-11-25(19)21(16)27/h3-4,6-7,9-10,12H,5,8,11H2,1-2H3,(H,24,26)/b23-13-. The molecule has 142 valence electrons. The molecule has 28 heavy (non-hydrogen) atoms. The molecule has 1 aromatic heterocycles. The smallest absolute Gasteiger partial charge is 0.271 e. The first kappa shape index (κ1) is 17.9. The number of carbonyl (C=O) groups excluding carboxylic acids is 1. The second-order valence-electron chi connectivity index (χ2n) is 6.66. The minimum Gasteiger partial charge on any atom is -0.496 e. The van der Waals surface area contributed by atoms with Crippen LogP contribution in [0.15, 0.2) is 52.4 Å². The zero-order chi connectivity index (χ0) is 19.7. The molecule has 7 nitrogen and oxygen atoms in total. The Bertz CT molecular complexity index is 1160. The Morgan fingerprint density at radius 2 is 2.07 bits per heavy atom. The zero-order valence-electron chi connectivity index (χ0n) is 15.7. The van der Waals surface area contributed by atoms with Crippen molar-refractivity contribution in [2.24, 2.45) is 5.10 Å². The van der Waals surface area contributed by atoms with Gasteiger partial charge in [0.05, 0.1) is 23.7 Å². The summed E-state index contributed by atoms with van der Waals surface area (Å²) < 4.78 is 7.03. The van der Waals surface area contributed by atoms with Crippen molar-refractivity contribution >= 4 is 22.5 Å². The van der Waals surface area contributed by atoms with E-state index in [2.05, 4.69) is 15.5 Å². The lowest BCUT2D eigenvalue weighted by molar-refractivity contribution is 0.0955. The fraction of sp³-hybridized carbons (Fsp3) is 0.238. The predicted molar refractivity (Wildman–Crippen MR) is 107 cm³/mol. The number of hydrazone groups is 1. The van der Waals surface area contributed by atoms with E-state index in [1.807, 2.05) is 24.3 Å². The van der Waals surface area contributed by atoms with Gasteiger partial charge in [-0.15, -0.1) is 0 Å². The molecule has 1 amide bonds. The summed E-state index contributed by atoms with van der Waals surface area (Å²) in [5.41, 5.74) is 4.88. The number of amides is 1. The maximum Gasteiger partial charge on any atom is 0.271 e. The number of benzene rings is 2. The molecule has 0 saturated carbocycles. The summed E-state index contributed by atoms with van der Waals surface area (Å²) in [6.07, 6.45) is 1.70. The van der Waals surface area contributed by atoms with E-state index in [1.54, 1.807) is 36.8 Å². The molecule has 1 N–H and O–H groups in total. The Labute approximate surface area is 161 Å². The van der Waals surface area contributed by atoms with Gasteiger partial charge in [0.1, 0.15) is 11.6 Å². The van der Waals surface area contributed by atoms with E-state index in [0.29, 0.717) is 34.5 Å². The number of para-hydroxylation sites is 1. The Morgan fingerprint density at radius 1 is 1.25 bits per heavy atom. The third-order valence-corrected chi connectivity index (χ3v) is 4.90. The highest BCUT2D eigenvalue weighted by Crippen LogP contribution is 2.18. The third-order valence-electron chi connectivity index (χ3n) is 4.90. The van der Waals surface area contributed by atoms with Gasteiger partial charge >= 0.3 is 0 Å². The van der Waals surface area contributed by atoms with Gasteiger partial charge in [-0.05, 0) is 43.7 Å². The fourth-order valence-corrected chi connectivity index (χ4v) is 3.43. The second-order valence-corrected chi connectivity index (χ2v) is 6.66. The van der Waals surface area contributed by atoms with Crippen molar-refractivity contribution in [3.05, 3.63) is 69.8 Å². The molecule has 3 aromatic rings. The first-order valence-electron chi connectivity index (χ1n) is 9.10. The molecule has 0 atom stereocenters. The molecule has 2 heterocycles. The first-order valence-corrected chi connectivity index (χ1v) is 9.10. The van der Waals surface area contributed by atoms with Crippen LogP contribution < -0.4 is 15.7 Å². The maximum atomic E-state index is 12.5. The van der Waals surface area contributed by atoms with Crippen molar-refractivity contribution in [1.29, 1.82) is 0 Å². The van der Waals surface area contributed by atoms with Crippen LogP contribution >= 0.6 is 0 Å². The minimum atomic E-state index is -0.362. The van der Waals surface area contributed by atoms with Gasteiger partial charge in [0.15, 0.2) is 0 Å². The van der Waals surface area contributed by atoms with Crippen molar-refractivity contribution in [2.45, 2.75) is 26.3 Å². The quantitative estimate of drug-likeness (QED) is 0.560.